The van der Waals surface area contributed by atoms with Gasteiger partial charge in [-0.15, -0.1) is 5.10 Å². The number of aromatic nitrogens is 5. The lowest BCUT2D eigenvalue weighted by atomic mass is 10.2. The summed E-state index contributed by atoms with van der Waals surface area (Å²) in [5.74, 6) is -1.13. The maximum absolute atomic E-state index is 14.0. The van der Waals surface area contributed by atoms with Gasteiger partial charge in [0.2, 0.25) is 5.91 Å². The van der Waals surface area contributed by atoms with E-state index in [9.17, 15) is 27.2 Å². The molecule has 1 amide bonds. The van der Waals surface area contributed by atoms with Crippen molar-refractivity contribution >= 4 is 34.3 Å². The molecule has 1 aromatic carbocycles. The Labute approximate surface area is 223 Å². The van der Waals surface area contributed by atoms with Crippen molar-refractivity contribution in [3.8, 4) is 5.75 Å². The molecule has 1 unspecified atom stereocenters. The molecule has 5 rings (SSSR count). The highest BCUT2D eigenvalue weighted by Crippen LogP contribution is 2.31. The molecular weight excluding hydrogens is 538 g/mol. The molecule has 1 aliphatic rings. The molecule has 0 bridgehead atoms. The van der Waals surface area contributed by atoms with Crippen LogP contribution < -0.4 is 20.9 Å². The van der Waals surface area contributed by atoms with Crippen molar-refractivity contribution in [2.75, 3.05) is 24.4 Å². The zero-order valence-corrected chi connectivity index (χ0v) is 21.0. The van der Waals surface area contributed by atoms with Crippen molar-refractivity contribution in [1.82, 2.24) is 24.3 Å². The second kappa shape index (κ2) is 10.9. The summed E-state index contributed by atoms with van der Waals surface area (Å²) in [6.07, 6.45) is -1.08. The van der Waals surface area contributed by atoms with E-state index >= 15 is 0 Å². The molecule has 1 aliphatic heterocycles. The van der Waals surface area contributed by atoms with Gasteiger partial charge in [-0.3, -0.25) is 14.2 Å². The van der Waals surface area contributed by atoms with Crippen molar-refractivity contribution in [1.29, 1.82) is 0 Å². The average Bonchev–Trinajstić information content (AvgIpc) is 3.29. The third kappa shape index (κ3) is 5.59. The van der Waals surface area contributed by atoms with Crippen molar-refractivity contribution in [2.45, 2.75) is 38.2 Å². The summed E-state index contributed by atoms with van der Waals surface area (Å²) in [4.78, 5) is 34.3. The van der Waals surface area contributed by atoms with Gasteiger partial charge in [-0.05, 0) is 43.5 Å². The number of hydrogen-bond acceptors (Lipinski definition) is 8. The number of pyridine rings is 1. The number of hydrogen-bond donors (Lipinski definition) is 2. The van der Waals surface area contributed by atoms with Gasteiger partial charge in [-0.1, -0.05) is 0 Å². The first-order valence-electron chi connectivity index (χ1n) is 12.2. The Hall–Kier alpha value is -4.53. The monoisotopic (exact) mass is 561 g/mol. The maximum atomic E-state index is 14.0. The summed E-state index contributed by atoms with van der Waals surface area (Å²) in [7, 11) is 1.32. The lowest BCUT2D eigenvalue weighted by Crippen LogP contribution is -2.30. The maximum Gasteiger partial charge on any atom is 0.417 e. The Morgan fingerprint density at radius 1 is 1.20 bits per heavy atom. The fourth-order valence-corrected chi connectivity index (χ4v) is 4.24. The summed E-state index contributed by atoms with van der Waals surface area (Å²) in [6, 6.07) is 5.90. The van der Waals surface area contributed by atoms with E-state index in [0.29, 0.717) is 19.2 Å². The fraction of sp³-hybridized carbons (Fsp3) is 0.320. The Balaban J connectivity index is 1.45. The standard InChI is InChI=1S/C25H23F4N7O4/c1-39-17-7-6-15(10-16(17)26)32-19(37)12-35-13-31-21-22(24(35)38)36(20-4-2-3-9-40-20)34-23(21)33-18-8-5-14(11-30-18)25(27,28)29/h5-8,10-11,13,20H,2-4,9,12H2,1H3,(H,32,37)(H,30,33,34). The first kappa shape index (κ1) is 27.1. The van der Waals surface area contributed by atoms with Crippen LogP contribution in [0.1, 0.15) is 31.1 Å². The normalized spacial score (nSPS) is 15.7. The quantitative estimate of drug-likeness (QED) is 0.321. The van der Waals surface area contributed by atoms with Gasteiger partial charge in [0.15, 0.2) is 29.1 Å². The first-order valence-corrected chi connectivity index (χ1v) is 12.2. The third-order valence-electron chi connectivity index (χ3n) is 6.19. The predicted octanol–water partition coefficient (Wildman–Crippen LogP) is 4.24. The van der Waals surface area contributed by atoms with Crippen LogP contribution >= 0.6 is 0 Å². The van der Waals surface area contributed by atoms with Crippen molar-refractivity contribution in [2.24, 2.45) is 0 Å². The largest absolute Gasteiger partial charge is 0.494 e. The van der Waals surface area contributed by atoms with Gasteiger partial charge in [0.1, 0.15) is 17.9 Å². The first-order chi connectivity index (χ1) is 19.1. The molecule has 0 spiro atoms. The summed E-state index contributed by atoms with van der Waals surface area (Å²) in [5.41, 5.74) is -1.19. The molecule has 0 saturated carbocycles. The highest BCUT2D eigenvalue weighted by Gasteiger charge is 2.31. The summed E-state index contributed by atoms with van der Waals surface area (Å²) >= 11 is 0. The number of benzene rings is 1. The molecule has 0 aliphatic carbocycles. The van der Waals surface area contributed by atoms with E-state index in [4.69, 9.17) is 9.47 Å². The minimum atomic E-state index is -4.54. The van der Waals surface area contributed by atoms with Gasteiger partial charge >= 0.3 is 6.18 Å². The minimum absolute atomic E-state index is 0.0120. The number of amides is 1. The van der Waals surface area contributed by atoms with Crippen LogP contribution in [0.5, 0.6) is 5.75 Å². The van der Waals surface area contributed by atoms with Gasteiger partial charge in [0.05, 0.1) is 19.0 Å². The molecule has 1 atom stereocenters. The van der Waals surface area contributed by atoms with Crippen LogP contribution in [0.25, 0.3) is 11.0 Å². The molecule has 1 fully saturated rings. The van der Waals surface area contributed by atoms with Crippen molar-refractivity contribution in [3.63, 3.8) is 0 Å². The number of fused-ring (bicyclic) bond motifs is 1. The highest BCUT2D eigenvalue weighted by molar-refractivity contribution is 5.91. The molecule has 1 saturated heterocycles. The molecule has 3 aromatic heterocycles. The van der Waals surface area contributed by atoms with Crippen LogP contribution in [0.15, 0.2) is 47.7 Å². The molecule has 40 heavy (non-hydrogen) atoms. The van der Waals surface area contributed by atoms with Crippen molar-refractivity contribution < 1.29 is 31.8 Å². The second-order valence-electron chi connectivity index (χ2n) is 8.94. The van der Waals surface area contributed by atoms with E-state index < -0.39 is 41.8 Å². The van der Waals surface area contributed by atoms with Gasteiger partial charge in [0, 0.05) is 24.6 Å². The lowest BCUT2D eigenvalue weighted by molar-refractivity contribution is -0.137. The number of anilines is 3. The van der Waals surface area contributed by atoms with E-state index in [1.807, 2.05) is 0 Å². The number of nitrogens with one attached hydrogen (secondary N) is 2. The SMILES string of the molecule is COc1ccc(NC(=O)Cn2cnc3c(Nc4ccc(C(F)(F)F)cn4)nn(C4CCCCO4)c3c2=O)cc1F. The lowest BCUT2D eigenvalue weighted by Gasteiger charge is -2.23. The zero-order chi connectivity index (χ0) is 28.4. The van der Waals surface area contributed by atoms with Crippen LogP contribution in [0.4, 0.5) is 34.9 Å². The number of ether oxygens (including phenoxy) is 2. The van der Waals surface area contributed by atoms with Crippen LogP contribution in [-0.2, 0) is 22.3 Å². The Morgan fingerprint density at radius 2 is 2.02 bits per heavy atom. The summed E-state index contributed by atoms with van der Waals surface area (Å²) in [5, 5.41) is 9.78. The Bertz CT molecular complexity index is 1600. The molecule has 4 heterocycles. The number of halogens is 4. The van der Waals surface area contributed by atoms with E-state index in [1.54, 1.807) is 0 Å². The van der Waals surface area contributed by atoms with E-state index in [0.717, 1.165) is 41.9 Å². The molecule has 0 radical (unpaired) electrons. The molecule has 210 valence electrons. The fourth-order valence-electron chi connectivity index (χ4n) is 4.24. The minimum Gasteiger partial charge on any atom is -0.494 e. The molecule has 4 aromatic rings. The summed E-state index contributed by atoms with van der Waals surface area (Å²) < 4.78 is 65.9. The number of carbonyl (C=O) groups is 1. The van der Waals surface area contributed by atoms with Crippen LogP contribution in [0.2, 0.25) is 0 Å². The second-order valence-corrected chi connectivity index (χ2v) is 8.94. The highest BCUT2D eigenvalue weighted by atomic mass is 19.4. The summed E-state index contributed by atoms with van der Waals surface area (Å²) in [6.45, 7) is 0.0138. The number of alkyl halides is 3. The van der Waals surface area contributed by atoms with Gasteiger partial charge in [0.25, 0.3) is 5.56 Å². The topological polar surface area (TPSA) is 125 Å². The molecule has 2 N–H and O–H groups in total. The van der Waals surface area contributed by atoms with E-state index in [1.165, 1.54) is 23.9 Å². The number of methoxy groups -OCH3 is 1. The van der Waals surface area contributed by atoms with Crippen LogP contribution in [-0.4, -0.2) is 43.9 Å². The zero-order valence-electron chi connectivity index (χ0n) is 21.0. The number of nitrogens with zero attached hydrogens (tertiary/aromatic N) is 5. The number of rotatable bonds is 7. The van der Waals surface area contributed by atoms with Gasteiger partial charge in [-0.2, -0.15) is 13.2 Å². The van der Waals surface area contributed by atoms with Crippen molar-refractivity contribution in [3.05, 3.63) is 64.6 Å². The van der Waals surface area contributed by atoms with E-state index in [-0.39, 0.29) is 34.1 Å². The molecular formula is C25H23F4N7O4. The Morgan fingerprint density at radius 3 is 2.67 bits per heavy atom. The van der Waals surface area contributed by atoms with Gasteiger partial charge < -0.3 is 20.1 Å². The smallest absolute Gasteiger partial charge is 0.417 e. The predicted molar refractivity (Wildman–Crippen MR) is 135 cm³/mol. The number of carbonyl (C=O) groups excluding carboxylic acids is 1. The average molecular weight is 561 g/mol. The van der Waals surface area contributed by atoms with Crippen LogP contribution in [0.3, 0.4) is 0 Å². The Kier molecular flexibility index (Phi) is 7.38. The third-order valence-corrected chi connectivity index (χ3v) is 6.19. The molecule has 15 heteroatoms. The van der Waals surface area contributed by atoms with Gasteiger partial charge in [-0.25, -0.2) is 19.0 Å². The molecule has 11 nitrogen and oxygen atoms in total. The van der Waals surface area contributed by atoms with E-state index in [2.05, 4.69) is 25.7 Å². The van der Waals surface area contributed by atoms with Crippen LogP contribution in [0, 0.1) is 5.82 Å².